The molecule has 0 bridgehead atoms. The molecule has 3 heteroatoms. The summed E-state index contributed by atoms with van der Waals surface area (Å²) in [5, 5.41) is 0. The molecule has 1 aliphatic carbocycles. The number of fused-ring (bicyclic) bond motifs is 1. The van der Waals surface area contributed by atoms with Gasteiger partial charge in [0.15, 0.2) is 0 Å². The molecule has 0 unspecified atom stereocenters. The second-order valence-corrected chi connectivity index (χ2v) is 5.98. The molecule has 0 aromatic heterocycles. The molecule has 2 amide bonds. The Hall–Kier alpha value is -2.68. The zero-order chi connectivity index (χ0) is 15.8. The number of anilines is 1. The van der Waals surface area contributed by atoms with E-state index in [1.165, 1.54) is 16.9 Å². The maximum Gasteiger partial charge on any atom is 0.266 e. The number of amides is 2. The number of para-hydroxylation sites is 1. The molecule has 1 aliphatic heterocycles. The Kier molecular flexibility index (Phi) is 3.34. The Balaban J connectivity index is 1.82. The van der Waals surface area contributed by atoms with Crippen LogP contribution >= 0.6 is 0 Å². The molecule has 0 saturated heterocycles. The summed E-state index contributed by atoms with van der Waals surface area (Å²) in [4.78, 5) is 26.8. The van der Waals surface area contributed by atoms with Gasteiger partial charge in [-0.05, 0) is 49.5 Å². The van der Waals surface area contributed by atoms with E-state index in [4.69, 9.17) is 0 Å². The smallest absolute Gasteiger partial charge is 0.266 e. The highest BCUT2D eigenvalue weighted by molar-refractivity contribution is 6.34. The van der Waals surface area contributed by atoms with Gasteiger partial charge < -0.3 is 0 Å². The third kappa shape index (κ3) is 2.20. The highest BCUT2D eigenvalue weighted by atomic mass is 16.2. The van der Waals surface area contributed by atoms with Gasteiger partial charge in [0.1, 0.15) is 0 Å². The van der Waals surface area contributed by atoms with Gasteiger partial charge in [0.2, 0.25) is 0 Å². The molecule has 1 heterocycles. The number of hydrogen-bond donors (Lipinski definition) is 0. The number of benzene rings is 2. The van der Waals surface area contributed by atoms with Crippen LogP contribution in [0.1, 0.15) is 52.0 Å². The van der Waals surface area contributed by atoms with Gasteiger partial charge in [-0.15, -0.1) is 0 Å². The molecule has 0 fully saturated rings. The van der Waals surface area contributed by atoms with Crippen molar-refractivity contribution in [1.29, 1.82) is 0 Å². The number of rotatable bonds is 2. The fourth-order valence-electron chi connectivity index (χ4n) is 3.43. The Morgan fingerprint density at radius 1 is 0.739 bits per heavy atom. The number of carbonyl (C=O) groups is 2. The first-order valence-corrected chi connectivity index (χ1v) is 8.03. The van der Waals surface area contributed by atoms with Crippen molar-refractivity contribution >= 4 is 23.1 Å². The van der Waals surface area contributed by atoms with Gasteiger partial charge >= 0.3 is 0 Å². The third-order valence-electron chi connectivity index (χ3n) is 4.58. The van der Waals surface area contributed by atoms with Crippen LogP contribution in [-0.2, 0) is 0 Å². The fraction of sp³-hybridized carbons (Fsp3) is 0.200. The van der Waals surface area contributed by atoms with Crippen LogP contribution in [0.15, 0.2) is 54.6 Å². The van der Waals surface area contributed by atoms with Gasteiger partial charge in [0.25, 0.3) is 11.8 Å². The molecule has 23 heavy (non-hydrogen) atoms. The second-order valence-electron chi connectivity index (χ2n) is 5.98. The van der Waals surface area contributed by atoms with Gasteiger partial charge in [-0.3, -0.25) is 9.59 Å². The summed E-state index contributed by atoms with van der Waals surface area (Å²) in [7, 11) is 0. The molecule has 2 aliphatic rings. The highest BCUT2D eigenvalue weighted by Gasteiger charge is 2.37. The molecule has 0 spiro atoms. The molecular formula is C20H17NO2. The van der Waals surface area contributed by atoms with Crippen LogP contribution in [0.5, 0.6) is 0 Å². The van der Waals surface area contributed by atoms with Crippen LogP contribution < -0.4 is 4.90 Å². The first-order valence-electron chi connectivity index (χ1n) is 8.03. The number of carbonyl (C=O) groups excluding carboxylic acids is 2. The van der Waals surface area contributed by atoms with Gasteiger partial charge in [-0.2, -0.15) is 0 Å². The minimum atomic E-state index is -0.227. The van der Waals surface area contributed by atoms with Crippen LogP contribution in [0.3, 0.4) is 0 Å². The topological polar surface area (TPSA) is 37.4 Å². The summed E-state index contributed by atoms with van der Waals surface area (Å²) < 4.78 is 0. The Labute approximate surface area is 135 Å². The third-order valence-corrected chi connectivity index (χ3v) is 4.58. The van der Waals surface area contributed by atoms with E-state index >= 15 is 0 Å². The van der Waals surface area contributed by atoms with E-state index in [9.17, 15) is 9.59 Å². The van der Waals surface area contributed by atoms with Gasteiger partial charge in [-0.1, -0.05) is 36.4 Å². The van der Waals surface area contributed by atoms with Gasteiger partial charge in [0.05, 0.1) is 16.8 Å². The maximum atomic E-state index is 12.7. The van der Waals surface area contributed by atoms with Crippen molar-refractivity contribution in [3.63, 3.8) is 0 Å². The Bertz CT molecular complexity index is 800. The number of allylic oxidation sites excluding steroid dienone is 2. The van der Waals surface area contributed by atoms with Crippen molar-refractivity contribution in [2.45, 2.75) is 25.7 Å². The molecule has 3 nitrogen and oxygen atoms in total. The average molecular weight is 303 g/mol. The number of imide groups is 1. The molecule has 0 atom stereocenters. The highest BCUT2D eigenvalue weighted by Crippen LogP contribution is 2.36. The minimum Gasteiger partial charge on any atom is -0.268 e. The van der Waals surface area contributed by atoms with E-state index < -0.39 is 0 Å². The molecule has 4 rings (SSSR count). The van der Waals surface area contributed by atoms with E-state index in [0.717, 1.165) is 24.8 Å². The van der Waals surface area contributed by atoms with Crippen molar-refractivity contribution in [3.05, 3.63) is 71.3 Å². The van der Waals surface area contributed by atoms with E-state index in [1.807, 2.05) is 24.3 Å². The lowest BCUT2D eigenvalue weighted by molar-refractivity contribution is 0.0926. The predicted molar refractivity (Wildman–Crippen MR) is 90.5 cm³/mol. The van der Waals surface area contributed by atoms with Crippen molar-refractivity contribution in [2.75, 3.05) is 4.90 Å². The summed E-state index contributed by atoms with van der Waals surface area (Å²) in [6.07, 6.45) is 6.66. The van der Waals surface area contributed by atoms with Gasteiger partial charge in [0, 0.05) is 5.56 Å². The molecule has 0 saturated carbocycles. The molecule has 2 aromatic rings. The monoisotopic (exact) mass is 303 g/mol. The van der Waals surface area contributed by atoms with Crippen molar-refractivity contribution < 1.29 is 9.59 Å². The number of nitrogens with zero attached hydrogens (tertiary/aromatic N) is 1. The van der Waals surface area contributed by atoms with E-state index in [0.29, 0.717) is 16.8 Å². The largest absolute Gasteiger partial charge is 0.268 e. The Morgan fingerprint density at radius 3 is 1.96 bits per heavy atom. The average Bonchev–Trinajstić information content (AvgIpc) is 2.87. The molecule has 114 valence electrons. The lowest BCUT2D eigenvalue weighted by Crippen LogP contribution is -2.30. The summed E-state index contributed by atoms with van der Waals surface area (Å²) in [5.41, 5.74) is 3.92. The predicted octanol–water partition coefficient (Wildman–Crippen LogP) is 4.44. The minimum absolute atomic E-state index is 0.227. The lowest BCUT2D eigenvalue weighted by Gasteiger charge is -2.21. The quantitative estimate of drug-likeness (QED) is 0.769. The summed E-state index contributed by atoms with van der Waals surface area (Å²) in [5.74, 6) is -0.455. The number of hydrogen-bond acceptors (Lipinski definition) is 2. The SMILES string of the molecule is O=C1c2ccccc2C(=O)N1c1ccccc1C1=CCCCC1. The molecule has 2 aromatic carbocycles. The second kappa shape index (κ2) is 5.51. The zero-order valence-electron chi connectivity index (χ0n) is 12.8. The lowest BCUT2D eigenvalue weighted by atomic mass is 9.92. The van der Waals surface area contributed by atoms with Crippen LogP contribution in [0, 0.1) is 0 Å². The Morgan fingerprint density at radius 2 is 1.35 bits per heavy atom. The van der Waals surface area contributed by atoms with Crippen molar-refractivity contribution in [1.82, 2.24) is 0 Å². The standard InChI is InChI=1S/C20H17NO2/c22-19-16-11-4-5-12-17(16)20(23)21(19)18-13-7-6-10-15(18)14-8-2-1-3-9-14/h4-8,10-13H,1-3,9H2. The van der Waals surface area contributed by atoms with E-state index in [2.05, 4.69) is 6.08 Å². The van der Waals surface area contributed by atoms with Gasteiger partial charge in [-0.25, -0.2) is 4.90 Å². The van der Waals surface area contributed by atoms with Crippen LogP contribution in [0.2, 0.25) is 0 Å². The van der Waals surface area contributed by atoms with Crippen LogP contribution in [-0.4, -0.2) is 11.8 Å². The van der Waals surface area contributed by atoms with E-state index in [-0.39, 0.29) is 11.8 Å². The summed E-state index contributed by atoms with van der Waals surface area (Å²) in [6, 6.07) is 14.8. The maximum absolute atomic E-state index is 12.7. The first-order chi connectivity index (χ1) is 11.3. The normalized spacial score (nSPS) is 17.2. The first kappa shape index (κ1) is 13.9. The molecule has 0 N–H and O–H groups in total. The van der Waals surface area contributed by atoms with E-state index in [1.54, 1.807) is 24.3 Å². The van der Waals surface area contributed by atoms with Crippen LogP contribution in [0.25, 0.3) is 5.57 Å². The fourth-order valence-corrected chi connectivity index (χ4v) is 3.43. The summed E-state index contributed by atoms with van der Waals surface area (Å²) >= 11 is 0. The zero-order valence-corrected chi connectivity index (χ0v) is 12.8. The van der Waals surface area contributed by atoms with Crippen LogP contribution in [0.4, 0.5) is 5.69 Å². The van der Waals surface area contributed by atoms with Crippen molar-refractivity contribution in [3.8, 4) is 0 Å². The summed E-state index contributed by atoms with van der Waals surface area (Å²) in [6.45, 7) is 0. The molecule has 0 radical (unpaired) electrons. The molecular weight excluding hydrogens is 286 g/mol. The van der Waals surface area contributed by atoms with Crippen molar-refractivity contribution in [2.24, 2.45) is 0 Å².